The number of rotatable bonds is 4. The van der Waals surface area contributed by atoms with E-state index < -0.39 is 0 Å². The Morgan fingerprint density at radius 3 is 2.54 bits per heavy atom. The molecular weight excluding hydrogens is 350 g/mol. The number of nitrogens with zero attached hydrogens (tertiary/aromatic N) is 1. The van der Waals surface area contributed by atoms with E-state index in [-0.39, 0.29) is 18.2 Å². The molecule has 1 fully saturated rings. The lowest BCUT2D eigenvalue weighted by Crippen LogP contribution is -2.56. The van der Waals surface area contributed by atoms with Crippen LogP contribution >= 0.6 is 0 Å². The summed E-state index contributed by atoms with van der Waals surface area (Å²) in [6.45, 7) is 5.78. The average molecular weight is 377 g/mol. The molecule has 28 heavy (non-hydrogen) atoms. The van der Waals surface area contributed by atoms with E-state index in [1.165, 1.54) is 16.7 Å². The van der Waals surface area contributed by atoms with Gasteiger partial charge in [0.05, 0.1) is 25.3 Å². The van der Waals surface area contributed by atoms with E-state index in [1.54, 1.807) is 0 Å². The first-order valence-corrected chi connectivity index (χ1v) is 9.99. The highest BCUT2D eigenvalue weighted by molar-refractivity contribution is 5.74. The molecule has 0 N–H and O–H groups in total. The quantitative estimate of drug-likeness (QED) is 0.752. The molecule has 4 heteroatoms. The molecule has 2 unspecified atom stereocenters. The normalized spacial score (nSPS) is 21.4. The van der Waals surface area contributed by atoms with Crippen LogP contribution in [0.15, 0.2) is 60.7 Å². The fraction of sp³-hybridized carbons (Fsp3) is 0.375. The number of carbonyl (C=O) groups excluding carboxylic acids is 1. The van der Waals surface area contributed by atoms with Gasteiger partial charge in [-0.15, -0.1) is 0 Å². The van der Waals surface area contributed by atoms with Gasteiger partial charge >= 0.3 is 6.09 Å². The fourth-order valence-corrected chi connectivity index (χ4v) is 3.97. The van der Waals surface area contributed by atoms with Gasteiger partial charge in [-0.25, -0.2) is 4.79 Å². The third kappa shape index (κ3) is 3.97. The minimum atomic E-state index is -0.257. The Morgan fingerprint density at radius 1 is 1.11 bits per heavy atom. The second kappa shape index (κ2) is 8.19. The molecule has 2 heterocycles. The van der Waals surface area contributed by atoms with Gasteiger partial charge in [0.25, 0.3) is 0 Å². The van der Waals surface area contributed by atoms with Gasteiger partial charge in [-0.05, 0) is 34.6 Å². The van der Waals surface area contributed by atoms with Crippen molar-refractivity contribution in [3.05, 3.63) is 77.4 Å². The zero-order chi connectivity index (χ0) is 19.5. The van der Waals surface area contributed by atoms with Crippen molar-refractivity contribution < 1.29 is 14.3 Å². The summed E-state index contributed by atoms with van der Waals surface area (Å²) in [5, 5.41) is 0. The summed E-state index contributed by atoms with van der Waals surface area (Å²) in [7, 11) is 0. The molecule has 1 saturated heterocycles. The predicted octanol–water partition coefficient (Wildman–Crippen LogP) is 5.00. The molecule has 0 aromatic heterocycles. The molecule has 4 nitrogen and oxygen atoms in total. The number of morpholine rings is 1. The van der Waals surface area contributed by atoms with Crippen molar-refractivity contribution >= 4 is 11.7 Å². The average Bonchev–Trinajstić information content (AvgIpc) is 2.72. The van der Waals surface area contributed by atoms with E-state index in [4.69, 9.17) is 9.47 Å². The van der Waals surface area contributed by atoms with Gasteiger partial charge in [0.2, 0.25) is 0 Å². The van der Waals surface area contributed by atoms with Crippen molar-refractivity contribution in [1.82, 2.24) is 4.90 Å². The number of ether oxygens (including phenoxy) is 2. The van der Waals surface area contributed by atoms with Gasteiger partial charge in [-0.2, -0.15) is 0 Å². The predicted molar refractivity (Wildman–Crippen MR) is 110 cm³/mol. The Bertz CT molecular complexity index is 842. The Hall–Kier alpha value is -2.59. The van der Waals surface area contributed by atoms with Crippen LogP contribution in [0.5, 0.6) is 0 Å². The van der Waals surface area contributed by atoms with Crippen molar-refractivity contribution in [2.24, 2.45) is 0 Å². The monoisotopic (exact) mass is 377 g/mol. The first kappa shape index (κ1) is 18.8. The van der Waals surface area contributed by atoms with Crippen LogP contribution in [0.2, 0.25) is 0 Å². The summed E-state index contributed by atoms with van der Waals surface area (Å²) in [5.74, 6) is 0.525. The Labute approximate surface area is 166 Å². The SMILES string of the molecule is CC(C)c1ccc(C2=CC3COCC(C2)N3C(=O)OCc2ccccc2)cc1. The minimum absolute atomic E-state index is 0.0202. The maximum atomic E-state index is 12.8. The standard InChI is InChI=1S/C24H27NO3/c1-17(2)19-8-10-20(11-9-19)21-12-22-15-27-16-23(13-21)25(22)24(26)28-14-18-6-4-3-5-7-18/h3-12,17,22-23H,13-16H2,1-2H3. The van der Waals surface area contributed by atoms with Crippen LogP contribution in [-0.2, 0) is 16.1 Å². The zero-order valence-electron chi connectivity index (χ0n) is 16.5. The number of fused-ring (bicyclic) bond motifs is 2. The van der Waals surface area contributed by atoms with Crippen LogP contribution in [-0.4, -0.2) is 36.3 Å². The van der Waals surface area contributed by atoms with E-state index in [0.717, 1.165) is 12.0 Å². The zero-order valence-corrected chi connectivity index (χ0v) is 16.5. The molecule has 0 aliphatic carbocycles. The van der Waals surface area contributed by atoms with Crippen molar-refractivity contribution in [2.45, 2.75) is 44.9 Å². The molecule has 2 atom stereocenters. The lowest BCUT2D eigenvalue weighted by Gasteiger charge is -2.43. The van der Waals surface area contributed by atoms with E-state index >= 15 is 0 Å². The van der Waals surface area contributed by atoms with E-state index in [0.29, 0.717) is 25.7 Å². The van der Waals surface area contributed by atoms with Crippen molar-refractivity contribution in [2.75, 3.05) is 13.2 Å². The number of hydrogen-bond donors (Lipinski definition) is 0. The van der Waals surface area contributed by atoms with Gasteiger partial charge in [-0.3, -0.25) is 4.90 Å². The van der Waals surface area contributed by atoms with E-state index in [1.807, 2.05) is 35.2 Å². The van der Waals surface area contributed by atoms with Crippen LogP contribution in [0, 0.1) is 0 Å². The van der Waals surface area contributed by atoms with Gasteiger partial charge in [0.15, 0.2) is 0 Å². The highest BCUT2D eigenvalue weighted by Crippen LogP contribution is 2.33. The van der Waals surface area contributed by atoms with Crippen molar-refractivity contribution in [3.8, 4) is 0 Å². The van der Waals surface area contributed by atoms with Crippen LogP contribution < -0.4 is 0 Å². The smallest absolute Gasteiger partial charge is 0.411 e. The summed E-state index contributed by atoms with van der Waals surface area (Å²) in [5.41, 5.74) is 4.87. The summed E-state index contributed by atoms with van der Waals surface area (Å²) in [6.07, 6.45) is 2.70. The molecular formula is C24H27NO3. The van der Waals surface area contributed by atoms with Crippen molar-refractivity contribution in [1.29, 1.82) is 0 Å². The summed E-state index contributed by atoms with van der Waals surface area (Å²) in [6, 6.07) is 18.5. The topological polar surface area (TPSA) is 38.8 Å². The van der Waals surface area contributed by atoms with Crippen LogP contribution in [0.25, 0.3) is 5.57 Å². The fourth-order valence-electron chi connectivity index (χ4n) is 3.97. The third-order valence-electron chi connectivity index (χ3n) is 5.56. The Morgan fingerprint density at radius 2 is 1.86 bits per heavy atom. The number of hydrogen-bond acceptors (Lipinski definition) is 3. The second-order valence-electron chi connectivity index (χ2n) is 7.88. The van der Waals surface area contributed by atoms with Crippen LogP contribution in [0.1, 0.15) is 42.9 Å². The maximum Gasteiger partial charge on any atom is 0.411 e. The van der Waals surface area contributed by atoms with Gasteiger partial charge in [0.1, 0.15) is 6.61 Å². The Balaban J connectivity index is 1.48. The summed E-state index contributed by atoms with van der Waals surface area (Å²) in [4.78, 5) is 14.6. The van der Waals surface area contributed by atoms with Gasteiger partial charge in [-0.1, -0.05) is 74.5 Å². The lowest BCUT2D eigenvalue weighted by molar-refractivity contribution is -0.0342. The number of amides is 1. The number of carbonyl (C=O) groups is 1. The summed E-state index contributed by atoms with van der Waals surface area (Å²) < 4.78 is 11.3. The minimum Gasteiger partial charge on any atom is -0.445 e. The highest BCUT2D eigenvalue weighted by Gasteiger charge is 2.39. The van der Waals surface area contributed by atoms with Crippen molar-refractivity contribution in [3.63, 3.8) is 0 Å². The molecule has 4 rings (SSSR count). The summed E-state index contributed by atoms with van der Waals surface area (Å²) >= 11 is 0. The molecule has 2 aliphatic heterocycles. The van der Waals surface area contributed by atoms with Gasteiger partial charge in [0, 0.05) is 0 Å². The second-order valence-corrected chi connectivity index (χ2v) is 7.88. The van der Waals surface area contributed by atoms with E-state index in [2.05, 4.69) is 44.2 Å². The molecule has 146 valence electrons. The first-order valence-electron chi connectivity index (χ1n) is 9.99. The molecule has 0 saturated carbocycles. The molecule has 0 radical (unpaired) electrons. The number of benzene rings is 2. The molecule has 0 spiro atoms. The Kier molecular flexibility index (Phi) is 5.49. The molecule has 2 aromatic rings. The molecule has 2 aliphatic rings. The molecule has 2 aromatic carbocycles. The van der Waals surface area contributed by atoms with Crippen LogP contribution in [0.3, 0.4) is 0 Å². The maximum absolute atomic E-state index is 12.8. The third-order valence-corrected chi connectivity index (χ3v) is 5.56. The first-order chi connectivity index (χ1) is 13.6. The van der Waals surface area contributed by atoms with E-state index in [9.17, 15) is 4.79 Å². The molecule has 2 bridgehead atoms. The largest absolute Gasteiger partial charge is 0.445 e. The molecule has 1 amide bonds. The van der Waals surface area contributed by atoms with Gasteiger partial charge < -0.3 is 9.47 Å². The van der Waals surface area contributed by atoms with Crippen LogP contribution in [0.4, 0.5) is 4.79 Å². The lowest BCUT2D eigenvalue weighted by atomic mass is 9.89. The highest BCUT2D eigenvalue weighted by atomic mass is 16.6.